The zero-order valence-electron chi connectivity index (χ0n) is 23.4. The molecular formula is C35H35NOS. The summed E-state index contributed by atoms with van der Waals surface area (Å²) < 4.78 is 7.50. The molecule has 192 valence electrons. The Labute approximate surface area is 229 Å². The smallest absolute Gasteiger partial charge is 0.135 e. The number of pyridine rings is 1. The topological polar surface area (TPSA) is 26.0 Å². The maximum atomic E-state index is 6.25. The van der Waals surface area contributed by atoms with E-state index in [0.29, 0.717) is 5.92 Å². The van der Waals surface area contributed by atoms with Gasteiger partial charge in [-0.3, -0.25) is 4.98 Å². The van der Waals surface area contributed by atoms with Gasteiger partial charge >= 0.3 is 0 Å². The monoisotopic (exact) mass is 517 g/mol. The third-order valence-electron chi connectivity index (χ3n) is 7.67. The highest BCUT2D eigenvalue weighted by Gasteiger charge is 2.23. The zero-order chi connectivity index (χ0) is 26.8. The molecule has 0 unspecified atom stereocenters. The molecule has 2 nitrogen and oxygen atoms in total. The van der Waals surface area contributed by atoms with E-state index >= 15 is 0 Å². The molecular weight excluding hydrogens is 482 g/mol. The third-order valence-corrected chi connectivity index (χ3v) is 9.02. The molecule has 0 saturated heterocycles. The summed E-state index contributed by atoms with van der Waals surface area (Å²) in [6.45, 7) is 15.8. The minimum absolute atomic E-state index is 0.0294. The molecule has 3 heteroatoms. The summed E-state index contributed by atoms with van der Waals surface area (Å²) in [6.07, 6.45) is 2.99. The predicted octanol–water partition coefficient (Wildman–Crippen LogP) is 10.6. The molecule has 0 bridgehead atoms. The van der Waals surface area contributed by atoms with Gasteiger partial charge in [-0.05, 0) is 83.2 Å². The lowest BCUT2D eigenvalue weighted by Crippen LogP contribution is -2.12. The van der Waals surface area contributed by atoms with Gasteiger partial charge in [0, 0.05) is 33.2 Å². The number of benzene rings is 3. The van der Waals surface area contributed by atoms with E-state index in [1.54, 1.807) is 0 Å². The molecule has 6 rings (SSSR count). The van der Waals surface area contributed by atoms with Crippen molar-refractivity contribution in [2.45, 2.75) is 60.3 Å². The summed E-state index contributed by atoms with van der Waals surface area (Å²) in [6, 6.07) is 22.1. The summed E-state index contributed by atoms with van der Waals surface area (Å²) >= 11 is 1.86. The molecule has 0 aliphatic rings. The number of hydrogen-bond donors (Lipinski definition) is 0. The number of nitrogens with zero attached hydrogens (tertiary/aromatic N) is 1. The van der Waals surface area contributed by atoms with E-state index in [2.05, 4.69) is 109 Å². The average molecular weight is 518 g/mol. The van der Waals surface area contributed by atoms with Crippen LogP contribution in [0.5, 0.6) is 0 Å². The van der Waals surface area contributed by atoms with Gasteiger partial charge < -0.3 is 4.42 Å². The Hall–Kier alpha value is -3.43. The summed E-state index contributed by atoms with van der Waals surface area (Å²) in [5.74, 6) is 1.60. The van der Waals surface area contributed by atoms with Gasteiger partial charge in [0.15, 0.2) is 0 Å². The SMILES string of the molecule is Cc1oc2cccc(-c3sc4c(-c5cc(C(C)(C)C)c6ccccc6c5)nccc4c3C)c2c1CC(C)C. The highest BCUT2D eigenvalue weighted by molar-refractivity contribution is 7.23. The molecule has 3 aromatic heterocycles. The van der Waals surface area contributed by atoms with Crippen molar-refractivity contribution in [3.05, 3.63) is 89.3 Å². The third kappa shape index (κ3) is 4.05. The van der Waals surface area contributed by atoms with Crippen LogP contribution in [0.2, 0.25) is 0 Å². The van der Waals surface area contributed by atoms with E-state index in [1.807, 2.05) is 17.5 Å². The van der Waals surface area contributed by atoms with Gasteiger partial charge in [-0.1, -0.05) is 71.0 Å². The number of rotatable bonds is 4. The lowest BCUT2D eigenvalue weighted by atomic mass is 9.82. The maximum absolute atomic E-state index is 6.25. The van der Waals surface area contributed by atoms with Crippen LogP contribution in [0.4, 0.5) is 0 Å². The van der Waals surface area contributed by atoms with Gasteiger partial charge in [0.1, 0.15) is 11.3 Å². The number of aryl methyl sites for hydroxylation is 2. The summed E-state index contributed by atoms with van der Waals surface area (Å²) in [4.78, 5) is 6.28. The van der Waals surface area contributed by atoms with Crippen molar-refractivity contribution in [3.8, 4) is 21.7 Å². The largest absolute Gasteiger partial charge is 0.461 e. The maximum Gasteiger partial charge on any atom is 0.135 e. The Morgan fingerprint density at radius 1 is 0.921 bits per heavy atom. The molecule has 0 radical (unpaired) electrons. The van der Waals surface area contributed by atoms with Crippen LogP contribution < -0.4 is 0 Å². The molecule has 0 aliphatic heterocycles. The van der Waals surface area contributed by atoms with E-state index in [-0.39, 0.29) is 5.41 Å². The van der Waals surface area contributed by atoms with Gasteiger partial charge in [-0.2, -0.15) is 0 Å². The van der Waals surface area contributed by atoms with Gasteiger partial charge in [-0.15, -0.1) is 11.3 Å². The molecule has 0 aliphatic carbocycles. The van der Waals surface area contributed by atoms with Crippen molar-refractivity contribution in [2.75, 3.05) is 0 Å². The number of thiophene rings is 1. The van der Waals surface area contributed by atoms with Crippen LogP contribution in [0.15, 0.2) is 71.3 Å². The molecule has 0 amide bonds. The van der Waals surface area contributed by atoms with Crippen LogP contribution in [0.3, 0.4) is 0 Å². The predicted molar refractivity (Wildman–Crippen MR) is 164 cm³/mol. The quantitative estimate of drug-likeness (QED) is 0.232. The van der Waals surface area contributed by atoms with Crippen molar-refractivity contribution >= 4 is 43.2 Å². The number of hydrogen-bond acceptors (Lipinski definition) is 3. The van der Waals surface area contributed by atoms with Crippen molar-refractivity contribution in [2.24, 2.45) is 5.92 Å². The minimum atomic E-state index is 0.0294. The molecule has 38 heavy (non-hydrogen) atoms. The van der Waals surface area contributed by atoms with Crippen LogP contribution in [0, 0.1) is 19.8 Å². The molecule has 0 spiro atoms. The lowest BCUT2D eigenvalue weighted by Gasteiger charge is -2.22. The first-order chi connectivity index (χ1) is 18.1. The summed E-state index contributed by atoms with van der Waals surface area (Å²) in [5, 5.41) is 5.13. The van der Waals surface area contributed by atoms with Gasteiger partial charge in [0.2, 0.25) is 0 Å². The Bertz CT molecular complexity index is 1830. The fourth-order valence-corrected chi connectivity index (χ4v) is 7.20. The van der Waals surface area contributed by atoms with Crippen molar-refractivity contribution < 1.29 is 4.42 Å². The van der Waals surface area contributed by atoms with E-state index in [1.165, 1.54) is 58.9 Å². The Balaban J connectivity index is 1.61. The summed E-state index contributed by atoms with van der Waals surface area (Å²) in [7, 11) is 0. The highest BCUT2D eigenvalue weighted by atomic mass is 32.1. The fourth-order valence-electron chi connectivity index (χ4n) is 5.85. The molecule has 0 atom stereocenters. The second kappa shape index (κ2) is 9.10. The van der Waals surface area contributed by atoms with Crippen LogP contribution >= 0.6 is 11.3 Å². The minimum Gasteiger partial charge on any atom is -0.461 e. The molecule has 6 aromatic rings. The molecule has 0 saturated carbocycles. The van der Waals surface area contributed by atoms with E-state index < -0.39 is 0 Å². The first-order valence-corrected chi connectivity index (χ1v) is 14.4. The van der Waals surface area contributed by atoms with Gasteiger partial charge in [0.25, 0.3) is 0 Å². The van der Waals surface area contributed by atoms with Crippen molar-refractivity contribution in [1.29, 1.82) is 0 Å². The van der Waals surface area contributed by atoms with Crippen LogP contribution in [0.25, 0.3) is 53.5 Å². The standard InChI is InChI=1S/C35H35NOS/c1-20(2)17-28-22(4)37-30-14-10-13-27(31(28)30)33-21(3)25-15-16-36-32(34(25)38-33)24-18-23-11-8-9-12-26(23)29(19-24)35(5,6)7/h8-16,18-20H,17H2,1-7H3. The van der Waals surface area contributed by atoms with E-state index in [4.69, 9.17) is 9.40 Å². The second-order valence-corrected chi connectivity index (χ2v) is 13.0. The number of fused-ring (bicyclic) bond motifs is 3. The first kappa shape index (κ1) is 24.9. The lowest BCUT2D eigenvalue weighted by molar-refractivity contribution is 0.560. The average Bonchev–Trinajstić information content (AvgIpc) is 3.38. The molecule has 0 fully saturated rings. The van der Waals surface area contributed by atoms with E-state index in [0.717, 1.165) is 23.5 Å². The van der Waals surface area contributed by atoms with Crippen LogP contribution in [-0.4, -0.2) is 4.98 Å². The molecule has 0 N–H and O–H groups in total. The Morgan fingerprint density at radius 2 is 1.71 bits per heavy atom. The second-order valence-electron chi connectivity index (χ2n) is 12.0. The first-order valence-electron chi connectivity index (χ1n) is 13.6. The Morgan fingerprint density at radius 3 is 2.47 bits per heavy atom. The van der Waals surface area contributed by atoms with Gasteiger partial charge in [-0.25, -0.2) is 0 Å². The van der Waals surface area contributed by atoms with Crippen molar-refractivity contribution in [1.82, 2.24) is 4.98 Å². The van der Waals surface area contributed by atoms with Gasteiger partial charge in [0.05, 0.1) is 10.4 Å². The normalized spacial score (nSPS) is 12.4. The van der Waals surface area contributed by atoms with Crippen LogP contribution in [0.1, 0.15) is 57.1 Å². The van der Waals surface area contributed by atoms with Crippen molar-refractivity contribution in [3.63, 3.8) is 0 Å². The Kier molecular flexibility index (Phi) is 5.96. The van der Waals surface area contributed by atoms with Crippen LogP contribution in [-0.2, 0) is 11.8 Å². The zero-order valence-corrected chi connectivity index (χ0v) is 24.2. The fraction of sp³-hybridized carbons (Fsp3) is 0.286. The summed E-state index contributed by atoms with van der Waals surface area (Å²) in [5.41, 5.74) is 8.54. The molecule has 3 aromatic carbocycles. The van der Waals surface area contributed by atoms with E-state index in [9.17, 15) is 0 Å². The number of furan rings is 1. The number of aromatic nitrogens is 1. The highest BCUT2D eigenvalue weighted by Crippen LogP contribution is 2.46. The molecule has 3 heterocycles.